The molecule has 1 heterocycles. The van der Waals surface area contributed by atoms with Crippen molar-refractivity contribution >= 4 is 33.3 Å². The highest BCUT2D eigenvalue weighted by Gasteiger charge is 2.29. The summed E-state index contributed by atoms with van der Waals surface area (Å²) in [7, 11) is -3.42. The maximum Gasteiger partial charge on any atom is 0.338 e. The topological polar surface area (TPSA) is 92.8 Å². The van der Waals surface area contributed by atoms with Crippen molar-refractivity contribution in [1.82, 2.24) is 0 Å². The first-order valence-corrected chi connectivity index (χ1v) is 10.4. The molecule has 1 aliphatic heterocycles. The second-order valence-corrected chi connectivity index (χ2v) is 8.44. The number of carbonyl (C=O) groups is 2. The predicted octanol–water partition coefficient (Wildman–Crippen LogP) is 2.69. The van der Waals surface area contributed by atoms with Gasteiger partial charge >= 0.3 is 5.97 Å². The third kappa shape index (κ3) is 4.53. The summed E-state index contributed by atoms with van der Waals surface area (Å²) in [5, 5.41) is 2.05. The Morgan fingerprint density at radius 1 is 1.14 bits per heavy atom. The third-order valence-corrected chi connectivity index (χ3v) is 6.20. The van der Waals surface area contributed by atoms with E-state index in [-0.39, 0.29) is 11.3 Å². The van der Waals surface area contributed by atoms with Crippen molar-refractivity contribution in [1.29, 1.82) is 0 Å². The summed E-state index contributed by atoms with van der Waals surface area (Å²) in [6, 6.07) is 8.93. The van der Waals surface area contributed by atoms with Crippen LogP contribution in [0.3, 0.4) is 0 Å². The van der Waals surface area contributed by atoms with Crippen LogP contribution in [0.15, 0.2) is 42.5 Å². The Hall–Kier alpha value is -3.01. The Morgan fingerprint density at radius 2 is 1.79 bits per heavy atom. The monoisotopic (exact) mass is 424 g/mol. The van der Waals surface area contributed by atoms with Gasteiger partial charge in [-0.15, -0.1) is 0 Å². The van der Waals surface area contributed by atoms with E-state index in [1.165, 1.54) is 29.4 Å². The number of nitrogens with zero attached hydrogens (tertiary/aromatic N) is 1. The highest BCUT2D eigenvalue weighted by molar-refractivity contribution is 7.93. The summed E-state index contributed by atoms with van der Waals surface area (Å²) < 4.78 is 57.6. The zero-order valence-corrected chi connectivity index (χ0v) is 16.2. The van der Waals surface area contributed by atoms with Gasteiger partial charge in [0.2, 0.25) is 10.0 Å². The van der Waals surface area contributed by atoms with Gasteiger partial charge in [-0.3, -0.25) is 9.10 Å². The molecule has 0 spiro atoms. The number of rotatable bonds is 5. The Labute approximate surface area is 166 Å². The molecule has 1 aliphatic rings. The van der Waals surface area contributed by atoms with E-state index in [0.29, 0.717) is 18.7 Å². The Morgan fingerprint density at radius 3 is 2.41 bits per heavy atom. The first kappa shape index (κ1) is 20.7. The Kier molecular flexibility index (Phi) is 5.83. The van der Waals surface area contributed by atoms with Crippen molar-refractivity contribution in [3.63, 3.8) is 0 Å². The van der Waals surface area contributed by atoms with Crippen LogP contribution in [-0.4, -0.2) is 38.7 Å². The molecular weight excluding hydrogens is 406 g/mol. The van der Waals surface area contributed by atoms with Crippen molar-refractivity contribution in [2.45, 2.75) is 19.4 Å². The van der Waals surface area contributed by atoms with E-state index >= 15 is 0 Å². The molecular formula is C19H18F2N2O5S. The second-order valence-electron chi connectivity index (χ2n) is 6.43. The van der Waals surface area contributed by atoms with Crippen LogP contribution in [0.4, 0.5) is 20.2 Å². The van der Waals surface area contributed by atoms with Crippen molar-refractivity contribution in [3.8, 4) is 0 Å². The van der Waals surface area contributed by atoms with E-state index in [4.69, 9.17) is 4.74 Å². The average Bonchev–Trinajstić information content (AvgIpc) is 3.03. The van der Waals surface area contributed by atoms with Crippen molar-refractivity contribution in [2.24, 2.45) is 0 Å². The first-order chi connectivity index (χ1) is 13.7. The van der Waals surface area contributed by atoms with Gasteiger partial charge in [-0.2, -0.15) is 0 Å². The number of hydrogen-bond donors (Lipinski definition) is 1. The number of nitrogens with one attached hydrogen (secondary N) is 1. The standard InChI is InChI=1S/C19H18F2N2O5S/c1-12(18(24)22-17-15(20)7-3-8-16(17)21)28-19(25)13-5-2-6-14(11-13)23-9-4-10-29(23,26)27/h2-3,5-8,11-12H,4,9-10H2,1H3,(H,22,24). The number of esters is 1. The van der Waals surface area contributed by atoms with Crippen LogP contribution < -0.4 is 9.62 Å². The van der Waals surface area contributed by atoms with E-state index in [2.05, 4.69) is 0 Å². The molecule has 154 valence electrons. The lowest BCUT2D eigenvalue weighted by atomic mass is 10.2. The van der Waals surface area contributed by atoms with Gasteiger partial charge in [-0.05, 0) is 43.7 Å². The smallest absolute Gasteiger partial charge is 0.338 e. The molecule has 0 aromatic heterocycles. The Bertz CT molecular complexity index is 1040. The van der Waals surface area contributed by atoms with Crippen LogP contribution in [0.1, 0.15) is 23.7 Å². The summed E-state index contributed by atoms with van der Waals surface area (Å²) >= 11 is 0. The molecule has 10 heteroatoms. The summed E-state index contributed by atoms with van der Waals surface area (Å²) in [4.78, 5) is 24.5. The van der Waals surface area contributed by atoms with Gasteiger partial charge in [-0.1, -0.05) is 12.1 Å². The van der Waals surface area contributed by atoms with Gasteiger partial charge in [0.15, 0.2) is 6.10 Å². The fraction of sp³-hybridized carbons (Fsp3) is 0.263. The fourth-order valence-corrected chi connectivity index (χ4v) is 4.40. The van der Waals surface area contributed by atoms with Crippen molar-refractivity contribution < 1.29 is 31.5 Å². The van der Waals surface area contributed by atoms with Crippen LogP contribution in [0.5, 0.6) is 0 Å². The molecule has 0 aliphatic carbocycles. The third-order valence-electron chi connectivity index (χ3n) is 4.33. The minimum atomic E-state index is -3.42. The zero-order valence-electron chi connectivity index (χ0n) is 15.4. The largest absolute Gasteiger partial charge is 0.449 e. The average molecular weight is 424 g/mol. The number of para-hydroxylation sites is 1. The number of benzene rings is 2. The number of halogens is 2. The lowest BCUT2D eigenvalue weighted by Crippen LogP contribution is -2.31. The molecule has 1 amide bonds. The van der Waals surface area contributed by atoms with Gasteiger partial charge < -0.3 is 10.1 Å². The van der Waals surface area contributed by atoms with Crippen molar-refractivity contribution in [2.75, 3.05) is 21.9 Å². The highest BCUT2D eigenvalue weighted by atomic mass is 32.2. The highest BCUT2D eigenvalue weighted by Crippen LogP contribution is 2.25. The molecule has 0 radical (unpaired) electrons. The number of amides is 1. The summed E-state index contributed by atoms with van der Waals surface area (Å²) in [5.74, 6) is -3.68. The lowest BCUT2D eigenvalue weighted by molar-refractivity contribution is -0.123. The normalized spacial score (nSPS) is 16.3. The molecule has 7 nitrogen and oxygen atoms in total. The number of hydrogen-bond acceptors (Lipinski definition) is 5. The first-order valence-electron chi connectivity index (χ1n) is 8.75. The molecule has 29 heavy (non-hydrogen) atoms. The summed E-state index contributed by atoms with van der Waals surface area (Å²) in [6.45, 7) is 1.56. The molecule has 1 atom stereocenters. The van der Waals surface area contributed by atoms with Gasteiger partial charge in [0.25, 0.3) is 5.91 Å². The molecule has 1 N–H and O–H groups in total. The summed E-state index contributed by atoms with van der Waals surface area (Å²) in [5.41, 5.74) is -0.273. The second kappa shape index (κ2) is 8.16. The van der Waals surface area contributed by atoms with E-state index in [1.54, 1.807) is 6.07 Å². The van der Waals surface area contributed by atoms with Crippen molar-refractivity contribution in [3.05, 3.63) is 59.7 Å². The Balaban J connectivity index is 1.70. The van der Waals surface area contributed by atoms with Crippen LogP contribution in [-0.2, 0) is 19.6 Å². The van der Waals surface area contributed by atoms with Gasteiger partial charge in [0.05, 0.1) is 17.0 Å². The maximum absolute atomic E-state index is 13.6. The molecule has 1 unspecified atom stereocenters. The molecule has 1 fully saturated rings. The summed E-state index contributed by atoms with van der Waals surface area (Å²) in [6.07, 6.45) is -0.860. The number of carbonyl (C=O) groups excluding carboxylic acids is 2. The quantitative estimate of drug-likeness (QED) is 0.745. The predicted molar refractivity (Wildman–Crippen MR) is 102 cm³/mol. The molecule has 2 aromatic carbocycles. The van der Waals surface area contributed by atoms with E-state index in [0.717, 1.165) is 18.2 Å². The minimum Gasteiger partial charge on any atom is -0.449 e. The molecule has 1 saturated heterocycles. The number of ether oxygens (including phenoxy) is 1. The number of sulfonamides is 1. The number of anilines is 2. The molecule has 0 bridgehead atoms. The molecule has 0 saturated carbocycles. The zero-order chi connectivity index (χ0) is 21.2. The van der Waals surface area contributed by atoms with Crippen LogP contribution >= 0.6 is 0 Å². The van der Waals surface area contributed by atoms with E-state index < -0.39 is 45.3 Å². The van der Waals surface area contributed by atoms with Gasteiger partial charge in [0.1, 0.15) is 17.3 Å². The molecule has 2 aromatic rings. The molecule has 3 rings (SSSR count). The SMILES string of the molecule is CC(OC(=O)c1cccc(N2CCCS2(=O)=O)c1)C(=O)Nc1c(F)cccc1F. The minimum absolute atomic E-state index is 0.0332. The van der Waals surface area contributed by atoms with Crippen LogP contribution in [0.2, 0.25) is 0 Å². The van der Waals surface area contributed by atoms with Crippen LogP contribution in [0, 0.1) is 11.6 Å². The lowest BCUT2D eigenvalue weighted by Gasteiger charge is -2.18. The van der Waals surface area contributed by atoms with Gasteiger partial charge in [0, 0.05) is 6.54 Å². The van der Waals surface area contributed by atoms with Gasteiger partial charge in [-0.25, -0.2) is 22.0 Å². The van der Waals surface area contributed by atoms with E-state index in [1.807, 2.05) is 5.32 Å². The van der Waals surface area contributed by atoms with E-state index in [9.17, 15) is 26.8 Å². The maximum atomic E-state index is 13.6. The fourth-order valence-electron chi connectivity index (χ4n) is 2.84. The van der Waals surface area contributed by atoms with Crippen LogP contribution in [0.25, 0.3) is 0 Å².